The number of aromatic nitrogens is 2. The lowest BCUT2D eigenvalue weighted by Gasteiger charge is -2.25. The van der Waals surface area contributed by atoms with Crippen molar-refractivity contribution in [3.05, 3.63) is 18.0 Å². The second-order valence-corrected chi connectivity index (χ2v) is 3.87. The van der Waals surface area contributed by atoms with Crippen LogP contribution in [0.1, 0.15) is 37.3 Å². The maximum atomic E-state index is 13.5. The van der Waals surface area contributed by atoms with Crippen LogP contribution in [0, 0.1) is 6.92 Å². The predicted molar refractivity (Wildman–Crippen MR) is 49.4 cm³/mol. The zero-order valence-corrected chi connectivity index (χ0v) is 7.91. The maximum Gasteiger partial charge on any atom is 0.122 e. The molecule has 2 atom stereocenters. The molecular formula is C10H15FN2. The topological polar surface area (TPSA) is 17.8 Å². The van der Waals surface area contributed by atoms with Crippen molar-refractivity contribution in [2.24, 2.45) is 0 Å². The summed E-state index contributed by atoms with van der Waals surface area (Å²) in [6, 6.07) is -0.0116. The van der Waals surface area contributed by atoms with Crippen molar-refractivity contribution >= 4 is 0 Å². The van der Waals surface area contributed by atoms with Gasteiger partial charge >= 0.3 is 0 Å². The largest absolute Gasteiger partial charge is 0.266 e. The van der Waals surface area contributed by atoms with E-state index in [1.54, 1.807) is 10.9 Å². The van der Waals surface area contributed by atoms with Crippen molar-refractivity contribution in [3.63, 3.8) is 0 Å². The van der Waals surface area contributed by atoms with Gasteiger partial charge in [-0.2, -0.15) is 5.10 Å². The Bertz CT molecular complexity index is 282. The van der Waals surface area contributed by atoms with Gasteiger partial charge in [0.05, 0.1) is 12.2 Å². The first-order chi connectivity index (χ1) is 6.27. The van der Waals surface area contributed by atoms with E-state index in [1.165, 1.54) is 0 Å². The summed E-state index contributed by atoms with van der Waals surface area (Å²) in [5.74, 6) is 0. The van der Waals surface area contributed by atoms with E-state index in [0.29, 0.717) is 6.42 Å². The molecule has 1 fully saturated rings. The van der Waals surface area contributed by atoms with Crippen molar-refractivity contribution in [1.29, 1.82) is 0 Å². The molecule has 1 aromatic heterocycles. The number of nitrogens with zero attached hydrogens (tertiary/aromatic N) is 2. The van der Waals surface area contributed by atoms with Crippen molar-refractivity contribution in [2.45, 2.75) is 44.8 Å². The Kier molecular flexibility index (Phi) is 2.34. The Morgan fingerprint density at radius 2 is 2.23 bits per heavy atom. The van der Waals surface area contributed by atoms with Crippen LogP contribution in [0.2, 0.25) is 0 Å². The Balaban J connectivity index is 2.14. The summed E-state index contributed by atoms with van der Waals surface area (Å²) in [7, 11) is 0. The maximum absolute atomic E-state index is 13.5. The van der Waals surface area contributed by atoms with E-state index in [1.807, 2.05) is 13.1 Å². The van der Waals surface area contributed by atoms with Crippen LogP contribution in [0.15, 0.2) is 12.4 Å². The Hall–Kier alpha value is -0.860. The number of halogens is 1. The predicted octanol–water partition coefficient (Wildman–Crippen LogP) is 2.64. The van der Waals surface area contributed by atoms with Gasteiger partial charge in [0, 0.05) is 6.20 Å². The van der Waals surface area contributed by atoms with Gasteiger partial charge in [-0.1, -0.05) is 12.8 Å². The van der Waals surface area contributed by atoms with Gasteiger partial charge < -0.3 is 0 Å². The van der Waals surface area contributed by atoms with Gasteiger partial charge in [-0.25, -0.2) is 4.39 Å². The lowest BCUT2D eigenvalue weighted by atomic mass is 9.94. The smallest absolute Gasteiger partial charge is 0.122 e. The third-order valence-electron chi connectivity index (χ3n) is 2.72. The van der Waals surface area contributed by atoms with Crippen LogP contribution in [0.5, 0.6) is 0 Å². The van der Waals surface area contributed by atoms with Crippen LogP contribution in [0.25, 0.3) is 0 Å². The monoisotopic (exact) mass is 182 g/mol. The number of hydrogen-bond donors (Lipinski definition) is 0. The molecule has 0 spiro atoms. The molecule has 1 heterocycles. The first-order valence-electron chi connectivity index (χ1n) is 4.92. The summed E-state index contributed by atoms with van der Waals surface area (Å²) in [5.41, 5.74) is 1.11. The van der Waals surface area contributed by atoms with Crippen LogP contribution < -0.4 is 0 Å². The summed E-state index contributed by atoms with van der Waals surface area (Å²) in [4.78, 5) is 0. The Labute approximate surface area is 77.8 Å². The molecule has 13 heavy (non-hydrogen) atoms. The van der Waals surface area contributed by atoms with Crippen molar-refractivity contribution < 1.29 is 4.39 Å². The second kappa shape index (κ2) is 3.48. The molecule has 72 valence electrons. The lowest BCUT2D eigenvalue weighted by molar-refractivity contribution is 0.160. The SMILES string of the molecule is Cc1cnn([C@@H]2CCCC[C@H]2F)c1. The van der Waals surface area contributed by atoms with Gasteiger partial charge in [0.15, 0.2) is 0 Å². The van der Waals surface area contributed by atoms with E-state index in [-0.39, 0.29) is 6.04 Å². The molecule has 0 amide bonds. The van der Waals surface area contributed by atoms with Crippen LogP contribution in [0.3, 0.4) is 0 Å². The summed E-state index contributed by atoms with van der Waals surface area (Å²) < 4.78 is 15.3. The first kappa shape index (κ1) is 8.73. The normalized spacial score (nSPS) is 29.1. The number of hydrogen-bond acceptors (Lipinski definition) is 1. The third kappa shape index (κ3) is 1.74. The van der Waals surface area contributed by atoms with Crippen LogP contribution in [0.4, 0.5) is 4.39 Å². The molecule has 0 aliphatic heterocycles. The molecule has 2 rings (SSSR count). The number of rotatable bonds is 1. The van der Waals surface area contributed by atoms with E-state index in [9.17, 15) is 4.39 Å². The summed E-state index contributed by atoms with van der Waals surface area (Å²) in [6.45, 7) is 1.99. The summed E-state index contributed by atoms with van der Waals surface area (Å²) in [6.07, 6.45) is 6.81. The van der Waals surface area contributed by atoms with Crippen LogP contribution in [-0.4, -0.2) is 16.0 Å². The number of aryl methyl sites for hydroxylation is 1. The molecule has 3 heteroatoms. The fourth-order valence-corrected chi connectivity index (χ4v) is 1.98. The van der Waals surface area contributed by atoms with E-state index >= 15 is 0 Å². The van der Waals surface area contributed by atoms with E-state index in [2.05, 4.69) is 5.10 Å². The standard InChI is InChI=1S/C10H15FN2/c1-8-6-12-13(7-8)10-5-3-2-4-9(10)11/h6-7,9-10H,2-5H2,1H3/t9-,10-/m1/s1. The minimum absolute atomic E-state index is 0.0116. The van der Waals surface area contributed by atoms with Crippen molar-refractivity contribution in [3.8, 4) is 0 Å². The highest BCUT2D eigenvalue weighted by Crippen LogP contribution is 2.30. The van der Waals surface area contributed by atoms with E-state index in [4.69, 9.17) is 0 Å². The molecule has 1 aliphatic carbocycles. The van der Waals surface area contributed by atoms with Gasteiger partial charge in [0.2, 0.25) is 0 Å². The van der Waals surface area contributed by atoms with Crippen molar-refractivity contribution in [2.75, 3.05) is 0 Å². The quantitative estimate of drug-likeness (QED) is 0.652. The minimum Gasteiger partial charge on any atom is -0.266 e. The van der Waals surface area contributed by atoms with E-state index < -0.39 is 6.17 Å². The minimum atomic E-state index is -0.701. The molecule has 0 unspecified atom stereocenters. The summed E-state index contributed by atoms with van der Waals surface area (Å²) >= 11 is 0. The van der Waals surface area contributed by atoms with Gasteiger partial charge in [-0.05, 0) is 25.3 Å². The molecule has 0 radical (unpaired) electrons. The van der Waals surface area contributed by atoms with Gasteiger partial charge in [0.25, 0.3) is 0 Å². The fraction of sp³-hybridized carbons (Fsp3) is 0.700. The molecule has 0 aromatic carbocycles. The highest BCUT2D eigenvalue weighted by atomic mass is 19.1. The second-order valence-electron chi connectivity index (χ2n) is 3.87. The van der Waals surface area contributed by atoms with Crippen LogP contribution in [-0.2, 0) is 0 Å². The first-order valence-corrected chi connectivity index (χ1v) is 4.92. The highest BCUT2D eigenvalue weighted by molar-refractivity contribution is 5.01. The zero-order chi connectivity index (χ0) is 9.26. The van der Waals surface area contributed by atoms with Gasteiger partial charge in [-0.15, -0.1) is 0 Å². The zero-order valence-electron chi connectivity index (χ0n) is 7.91. The fourth-order valence-electron chi connectivity index (χ4n) is 1.98. The average molecular weight is 182 g/mol. The molecule has 0 N–H and O–H groups in total. The third-order valence-corrected chi connectivity index (χ3v) is 2.72. The molecule has 0 bridgehead atoms. The van der Waals surface area contributed by atoms with E-state index in [0.717, 1.165) is 24.8 Å². The molecule has 0 saturated heterocycles. The molecule has 1 saturated carbocycles. The molecule has 2 nitrogen and oxygen atoms in total. The highest BCUT2D eigenvalue weighted by Gasteiger charge is 2.26. The van der Waals surface area contributed by atoms with Gasteiger partial charge in [0.1, 0.15) is 6.17 Å². The van der Waals surface area contributed by atoms with Gasteiger partial charge in [-0.3, -0.25) is 4.68 Å². The average Bonchev–Trinajstić information content (AvgIpc) is 2.53. The molecular weight excluding hydrogens is 167 g/mol. The Morgan fingerprint density at radius 1 is 1.46 bits per heavy atom. The lowest BCUT2D eigenvalue weighted by Crippen LogP contribution is -2.24. The van der Waals surface area contributed by atoms with Crippen molar-refractivity contribution in [1.82, 2.24) is 9.78 Å². The molecule has 1 aliphatic rings. The number of alkyl halides is 1. The molecule has 1 aromatic rings. The van der Waals surface area contributed by atoms with Crippen LogP contribution >= 0.6 is 0 Å². The summed E-state index contributed by atoms with van der Waals surface area (Å²) in [5, 5.41) is 4.17. The Morgan fingerprint density at radius 3 is 2.85 bits per heavy atom.